The van der Waals surface area contributed by atoms with E-state index in [1.165, 1.54) is 17.7 Å². The summed E-state index contributed by atoms with van der Waals surface area (Å²) in [5.74, 6) is 0.563. The van der Waals surface area contributed by atoms with Crippen LogP contribution in [0.15, 0.2) is 67.0 Å². The average molecular weight is 337 g/mol. The van der Waals surface area contributed by atoms with E-state index in [0.717, 1.165) is 17.9 Å². The van der Waals surface area contributed by atoms with Crippen molar-refractivity contribution in [3.63, 3.8) is 0 Å². The van der Waals surface area contributed by atoms with Gasteiger partial charge in [-0.25, -0.2) is 9.37 Å². The Balaban J connectivity index is 1.48. The normalized spacial score (nSPS) is 10.6. The second-order valence-electron chi connectivity index (χ2n) is 5.86. The van der Waals surface area contributed by atoms with E-state index in [-0.39, 0.29) is 18.1 Å². The van der Waals surface area contributed by atoms with Gasteiger partial charge in [0.25, 0.3) is 0 Å². The maximum absolute atomic E-state index is 12.9. The summed E-state index contributed by atoms with van der Waals surface area (Å²) >= 11 is 0. The summed E-state index contributed by atoms with van der Waals surface area (Å²) < 4.78 is 15.0. The highest BCUT2D eigenvalue weighted by Crippen LogP contribution is 2.06. The Hall–Kier alpha value is -2.95. The molecule has 1 N–H and O–H groups in total. The molecule has 0 atom stereocenters. The van der Waals surface area contributed by atoms with Gasteiger partial charge in [0.05, 0.1) is 6.42 Å². The number of aromatic nitrogens is 2. The number of amides is 1. The van der Waals surface area contributed by atoms with E-state index in [2.05, 4.69) is 27.0 Å². The third kappa shape index (κ3) is 5.01. The van der Waals surface area contributed by atoms with Crippen molar-refractivity contribution < 1.29 is 9.18 Å². The van der Waals surface area contributed by atoms with Crippen molar-refractivity contribution in [2.45, 2.75) is 19.4 Å². The molecule has 1 heterocycles. The molecule has 1 amide bonds. The predicted octanol–water partition coefficient (Wildman–Crippen LogP) is 2.97. The van der Waals surface area contributed by atoms with Gasteiger partial charge in [0.2, 0.25) is 5.91 Å². The van der Waals surface area contributed by atoms with Crippen molar-refractivity contribution in [3.8, 4) is 0 Å². The highest BCUT2D eigenvalue weighted by Gasteiger charge is 2.06. The smallest absolute Gasteiger partial charge is 0.224 e. The minimum atomic E-state index is -0.297. The first-order valence-corrected chi connectivity index (χ1v) is 8.26. The van der Waals surface area contributed by atoms with Crippen LogP contribution in [-0.2, 0) is 24.2 Å². The number of nitrogens with one attached hydrogen (secondary N) is 1. The van der Waals surface area contributed by atoms with E-state index in [1.807, 2.05) is 24.4 Å². The first-order valence-electron chi connectivity index (χ1n) is 8.26. The lowest BCUT2D eigenvalue weighted by Crippen LogP contribution is -2.28. The molecule has 0 spiro atoms. The molecule has 0 radical (unpaired) electrons. The van der Waals surface area contributed by atoms with Gasteiger partial charge in [-0.2, -0.15) is 0 Å². The molecule has 4 nitrogen and oxygen atoms in total. The number of hydrogen-bond acceptors (Lipinski definition) is 2. The second-order valence-corrected chi connectivity index (χ2v) is 5.86. The van der Waals surface area contributed by atoms with Crippen LogP contribution in [0.5, 0.6) is 0 Å². The Morgan fingerprint density at radius 3 is 2.56 bits per heavy atom. The van der Waals surface area contributed by atoms with Crippen molar-refractivity contribution in [2.24, 2.45) is 0 Å². The molecule has 3 aromatic rings. The van der Waals surface area contributed by atoms with Gasteiger partial charge in [0, 0.05) is 31.9 Å². The molecule has 25 heavy (non-hydrogen) atoms. The summed E-state index contributed by atoms with van der Waals surface area (Å²) in [4.78, 5) is 16.3. The molecule has 0 aliphatic heterocycles. The van der Waals surface area contributed by atoms with Crippen LogP contribution in [0.25, 0.3) is 0 Å². The average Bonchev–Trinajstić information content (AvgIpc) is 3.05. The van der Waals surface area contributed by atoms with E-state index in [4.69, 9.17) is 0 Å². The molecule has 0 bridgehead atoms. The SMILES string of the molecule is O=C(Cc1ccc(F)cc1)NCCc1nccn1Cc1ccccc1. The number of imidazole rings is 1. The fourth-order valence-electron chi connectivity index (χ4n) is 2.66. The summed E-state index contributed by atoms with van der Waals surface area (Å²) in [6.07, 6.45) is 4.63. The van der Waals surface area contributed by atoms with E-state index in [9.17, 15) is 9.18 Å². The Morgan fingerprint density at radius 2 is 1.80 bits per heavy atom. The zero-order valence-electron chi connectivity index (χ0n) is 13.9. The Morgan fingerprint density at radius 1 is 1.04 bits per heavy atom. The minimum Gasteiger partial charge on any atom is -0.355 e. The molecule has 0 aliphatic carbocycles. The van der Waals surface area contributed by atoms with Crippen molar-refractivity contribution in [3.05, 3.63) is 89.8 Å². The zero-order chi connectivity index (χ0) is 17.5. The first-order chi connectivity index (χ1) is 12.2. The number of rotatable bonds is 7. The van der Waals surface area contributed by atoms with Gasteiger partial charge >= 0.3 is 0 Å². The van der Waals surface area contributed by atoms with Gasteiger partial charge in [-0.05, 0) is 23.3 Å². The number of halogens is 1. The molecule has 0 unspecified atom stereocenters. The van der Waals surface area contributed by atoms with Gasteiger partial charge in [0.1, 0.15) is 11.6 Å². The third-order valence-corrected chi connectivity index (χ3v) is 3.95. The van der Waals surface area contributed by atoms with Crippen LogP contribution in [0.1, 0.15) is 17.0 Å². The molecule has 0 fully saturated rings. The monoisotopic (exact) mass is 337 g/mol. The molecule has 3 rings (SSSR count). The molecule has 1 aromatic heterocycles. The van der Waals surface area contributed by atoms with E-state index in [0.29, 0.717) is 13.0 Å². The summed E-state index contributed by atoms with van der Waals surface area (Å²) in [6.45, 7) is 1.28. The number of nitrogens with zero attached hydrogens (tertiary/aromatic N) is 2. The lowest BCUT2D eigenvalue weighted by molar-refractivity contribution is -0.120. The lowest BCUT2D eigenvalue weighted by Gasteiger charge is -2.09. The standard InChI is InChI=1S/C20H20FN3O/c21-18-8-6-16(7-9-18)14-20(25)23-11-10-19-22-12-13-24(19)15-17-4-2-1-3-5-17/h1-9,12-13H,10-11,14-15H2,(H,23,25). The summed E-state index contributed by atoms with van der Waals surface area (Å²) in [6, 6.07) is 16.2. The number of benzene rings is 2. The summed E-state index contributed by atoms with van der Waals surface area (Å²) in [7, 11) is 0. The van der Waals surface area contributed by atoms with Crippen molar-refractivity contribution in [1.82, 2.24) is 14.9 Å². The maximum Gasteiger partial charge on any atom is 0.224 e. The Kier molecular flexibility index (Phi) is 5.57. The van der Waals surface area contributed by atoms with E-state index < -0.39 is 0 Å². The van der Waals surface area contributed by atoms with E-state index >= 15 is 0 Å². The second kappa shape index (κ2) is 8.24. The summed E-state index contributed by atoms with van der Waals surface area (Å²) in [5.41, 5.74) is 2.01. The number of carbonyl (C=O) groups is 1. The number of carbonyl (C=O) groups excluding carboxylic acids is 1. The van der Waals surface area contributed by atoms with Crippen LogP contribution < -0.4 is 5.32 Å². The van der Waals surface area contributed by atoms with Crippen LogP contribution in [0.3, 0.4) is 0 Å². The quantitative estimate of drug-likeness (QED) is 0.720. The molecule has 0 saturated carbocycles. The Bertz CT molecular complexity index is 812. The predicted molar refractivity (Wildman–Crippen MR) is 94.6 cm³/mol. The molecule has 5 heteroatoms. The molecule has 128 valence electrons. The fraction of sp³-hybridized carbons (Fsp3) is 0.200. The highest BCUT2D eigenvalue weighted by molar-refractivity contribution is 5.78. The topological polar surface area (TPSA) is 46.9 Å². The van der Waals surface area contributed by atoms with Gasteiger partial charge in [-0.3, -0.25) is 4.79 Å². The zero-order valence-corrected chi connectivity index (χ0v) is 13.9. The van der Waals surface area contributed by atoms with Gasteiger partial charge in [0.15, 0.2) is 0 Å². The lowest BCUT2D eigenvalue weighted by atomic mass is 10.1. The van der Waals surface area contributed by atoms with Crippen LogP contribution >= 0.6 is 0 Å². The highest BCUT2D eigenvalue weighted by atomic mass is 19.1. The van der Waals surface area contributed by atoms with Crippen LogP contribution in [0.4, 0.5) is 4.39 Å². The largest absolute Gasteiger partial charge is 0.355 e. The molecule has 0 aliphatic rings. The third-order valence-electron chi connectivity index (χ3n) is 3.95. The number of hydrogen-bond donors (Lipinski definition) is 1. The maximum atomic E-state index is 12.9. The minimum absolute atomic E-state index is 0.0761. The van der Waals surface area contributed by atoms with Gasteiger partial charge in [-0.1, -0.05) is 42.5 Å². The van der Waals surface area contributed by atoms with Crippen LogP contribution in [0, 0.1) is 5.82 Å². The molecular weight excluding hydrogens is 317 g/mol. The molecule has 2 aromatic carbocycles. The van der Waals surface area contributed by atoms with Crippen molar-refractivity contribution in [2.75, 3.05) is 6.54 Å². The van der Waals surface area contributed by atoms with Crippen molar-refractivity contribution >= 4 is 5.91 Å². The van der Waals surface area contributed by atoms with Gasteiger partial charge < -0.3 is 9.88 Å². The summed E-state index contributed by atoms with van der Waals surface area (Å²) in [5, 5.41) is 2.89. The van der Waals surface area contributed by atoms with Crippen LogP contribution in [-0.4, -0.2) is 22.0 Å². The van der Waals surface area contributed by atoms with Gasteiger partial charge in [-0.15, -0.1) is 0 Å². The van der Waals surface area contributed by atoms with E-state index in [1.54, 1.807) is 18.3 Å². The fourth-order valence-corrected chi connectivity index (χ4v) is 2.66. The first kappa shape index (κ1) is 16.9. The van der Waals surface area contributed by atoms with Crippen LogP contribution in [0.2, 0.25) is 0 Å². The molecular formula is C20H20FN3O. The van der Waals surface area contributed by atoms with Crippen molar-refractivity contribution in [1.29, 1.82) is 0 Å². The Labute approximate surface area is 146 Å². The molecule has 0 saturated heterocycles.